The van der Waals surface area contributed by atoms with Gasteiger partial charge in [0.25, 0.3) is 0 Å². The number of hydrogen-bond acceptors (Lipinski definition) is 3. The SMILES string of the molecule is CCC([C]=O)c1ncccn1. The molecule has 1 rings (SSSR count). The Morgan fingerprint density at radius 3 is 2.64 bits per heavy atom. The lowest BCUT2D eigenvalue weighted by atomic mass is 10.1. The summed E-state index contributed by atoms with van der Waals surface area (Å²) in [6.45, 7) is 1.91. The average Bonchev–Trinajstić information content (AvgIpc) is 2.09. The Morgan fingerprint density at radius 2 is 2.18 bits per heavy atom. The highest BCUT2D eigenvalue weighted by Gasteiger charge is 2.10. The molecule has 0 N–H and O–H groups in total. The van der Waals surface area contributed by atoms with Crippen LogP contribution in [0.3, 0.4) is 0 Å². The molecule has 1 radical (unpaired) electrons. The molecule has 11 heavy (non-hydrogen) atoms. The highest BCUT2D eigenvalue weighted by Crippen LogP contribution is 2.09. The van der Waals surface area contributed by atoms with E-state index in [-0.39, 0.29) is 5.92 Å². The van der Waals surface area contributed by atoms with Crippen molar-refractivity contribution < 1.29 is 4.79 Å². The third kappa shape index (κ3) is 1.83. The molecular formula is C8H9N2O. The third-order valence-corrected chi connectivity index (χ3v) is 1.45. The van der Waals surface area contributed by atoms with E-state index >= 15 is 0 Å². The van der Waals surface area contributed by atoms with E-state index in [2.05, 4.69) is 9.97 Å². The van der Waals surface area contributed by atoms with Gasteiger partial charge in [-0.1, -0.05) is 6.92 Å². The molecule has 0 aromatic carbocycles. The van der Waals surface area contributed by atoms with E-state index in [4.69, 9.17) is 0 Å². The van der Waals surface area contributed by atoms with Crippen LogP contribution in [0, 0.1) is 0 Å². The maximum atomic E-state index is 10.3. The van der Waals surface area contributed by atoms with Crippen LogP contribution in [-0.4, -0.2) is 16.3 Å². The van der Waals surface area contributed by atoms with Crippen molar-refractivity contribution in [3.8, 4) is 0 Å². The van der Waals surface area contributed by atoms with Gasteiger partial charge in [-0.15, -0.1) is 0 Å². The van der Waals surface area contributed by atoms with Gasteiger partial charge in [0.05, 0.1) is 5.92 Å². The van der Waals surface area contributed by atoms with Gasteiger partial charge < -0.3 is 0 Å². The molecule has 0 aliphatic heterocycles. The van der Waals surface area contributed by atoms with Crippen LogP contribution in [0.25, 0.3) is 0 Å². The van der Waals surface area contributed by atoms with Crippen molar-refractivity contribution in [1.29, 1.82) is 0 Å². The first-order valence-corrected chi connectivity index (χ1v) is 3.53. The van der Waals surface area contributed by atoms with Gasteiger partial charge in [-0.3, -0.25) is 4.79 Å². The molecule has 1 aromatic rings. The molecule has 0 fully saturated rings. The van der Waals surface area contributed by atoms with Gasteiger partial charge in [-0.25, -0.2) is 9.97 Å². The van der Waals surface area contributed by atoms with Crippen LogP contribution in [0.5, 0.6) is 0 Å². The molecule has 1 unspecified atom stereocenters. The van der Waals surface area contributed by atoms with E-state index in [1.807, 2.05) is 13.2 Å². The standard InChI is InChI=1S/C8H9N2O/c1-2-7(6-11)8-9-4-3-5-10-8/h3-5,7H,2H2,1H3. The van der Waals surface area contributed by atoms with E-state index in [9.17, 15) is 4.79 Å². The second-order valence-corrected chi connectivity index (χ2v) is 2.19. The van der Waals surface area contributed by atoms with E-state index < -0.39 is 0 Å². The lowest BCUT2D eigenvalue weighted by Crippen LogP contribution is -2.03. The molecule has 0 spiro atoms. The zero-order valence-electron chi connectivity index (χ0n) is 6.32. The van der Waals surface area contributed by atoms with Crippen LogP contribution in [0.1, 0.15) is 25.1 Å². The van der Waals surface area contributed by atoms with Crippen LogP contribution in [0.4, 0.5) is 0 Å². The Hall–Kier alpha value is -1.25. The van der Waals surface area contributed by atoms with Crippen molar-refractivity contribution >= 4 is 6.29 Å². The van der Waals surface area contributed by atoms with Crippen molar-refractivity contribution in [2.24, 2.45) is 0 Å². The van der Waals surface area contributed by atoms with Crippen molar-refractivity contribution in [3.63, 3.8) is 0 Å². The first kappa shape index (κ1) is 7.85. The molecule has 1 aromatic heterocycles. The van der Waals surface area contributed by atoms with E-state index in [1.165, 1.54) is 0 Å². The molecule has 0 saturated carbocycles. The average molecular weight is 149 g/mol. The molecule has 0 bridgehead atoms. The third-order valence-electron chi connectivity index (χ3n) is 1.45. The summed E-state index contributed by atoms with van der Waals surface area (Å²) in [4.78, 5) is 18.2. The fourth-order valence-electron chi connectivity index (χ4n) is 0.809. The fraction of sp³-hybridized carbons (Fsp3) is 0.375. The van der Waals surface area contributed by atoms with Gasteiger partial charge >= 0.3 is 0 Å². The van der Waals surface area contributed by atoms with E-state index in [0.717, 1.165) is 0 Å². The minimum Gasteiger partial charge on any atom is -0.290 e. The summed E-state index contributed by atoms with van der Waals surface area (Å²) in [5.41, 5.74) is 0. The van der Waals surface area contributed by atoms with Crippen molar-refractivity contribution in [3.05, 3.63) is 24.3 Å². The Morgan fingerprint density at radius 1 is 1.55 bits per heavy atom. The summed E-state index contributed by atoms with van der Waals surface area (Å²) in [5, 5.41) is 0. The Kier molecular flexibility index (Phi) is 2.72. The predicted molar refractivity (Wildman–Crippen MR) is 40.8 cm³/mol. The molecule has 3 nitrogen and oxygen atoms in total. The number of rotatable bonds is 3. The van der Waals surface area contributed by atoms with Crippen molar-refractivity contribution in [2.75, 3.05) is 0 Å². The summed E-state index contributed by atoms with van der Waals surface area (Å²) < 4.78 is 0. The minimum atomic E-state index is -0.267. The lowest BCUT2D eigenvalue weighted by molar-refractivity contribution is 0.536. The number of nitrogens with zero attached hydrogens (tertiary/aromatic N) is 2. The molecular weight excluding hydrogens is 140 g/mol. The Labute approximate surface area is 65.5 Å². The van der Waals surface area contributed by atoms with E-state index in [1.54, 1.807) is 18.5 Å². The summed E-state index contributed by atoms with van der Waals surface area (Å²) in [5.74, 6) is 0.293. The Balaban J connectivity index is 2.82. The normalized spacial score (nSPS) is 12.5. The summed E-state index contributed by atoms with van der Waals surface area (Å²) >= 11 is 0. The lowest BCUT2D eigenvalue weighted by Gasteiger charge is -2.01. The maximum Gasteiger partial charge on any atom is 0.209 e. The highest BCUT2D eigenvalue weighted by atomic mass is 16.1. The quantitative estimate of drug-likeness (QED) is 0.645. The van der Waals surface area contributed by atoms with Crippen LogP contribution in [-0.2, 0) is 4.79 Å². The van der Waals surface area contributed by atoms with Crippen LogP contribution < -0.4 is 0 Å². The molecule has 57 valence electrons. The number of aromatic nitrogens is 2. The zero-order valence-corrected chi connectivity index (χ0v) is 6.32. The largest absolute Gasteiger partial charge is 0.290 e. The predicted octanol–water partition coefficient (Wildman–Crippen LogP) is 1.08. The zero-order chi connectivity index (χ0) is 8.10. The molecule has 0 amide bonds. The smallest absolute Gasteiger partial charge is 0.209 e. The first-order valence-electron chi connectivity index (χ1n) is 3.53. The van der Waals surface area contributed by atoms with Crippen molar-refractivity contribution in [2.45, 2.75) is 19.3 Å². The van der Waals surface area contributed by atoms with Crippen LogP contribution >= 0.6 is 0 Å². The summed E-state index contributed by atoms with van der Waals surface area (Å²) in [7, 11) is 0. The molecule has 1 atom stereocenters. The Bertz CT molecular complexity index is 223. The topological polar surface area (TPSA) is 42.9 Å². The van der Waals surface area contributed by atoms with Crippen molar-refractivity contribution in [1.82, 2.24) is 9.97 Å². The van der Waals surface area contributed by atoms with Gasteiger partial charge in [0.15, 0.2) is 0 Å². The molecule has 0 saturated heterocycles. The summed E-state index contributed by atoms with van der Waals surface area (Å²) in [6, 6.07) is 1.72. The number of hydrogen-bond donors (Lipinski definition) is 0. The molecule has 3 heteroatoms. The molecule has 0 aliphatic rings. The monoisotopic (exact) mass is 149 g/mol. The van der Waals surface area contributed by atoms with Crippen LogP contribution in [0.2, 0.25) is 0 Å². The molecule has 1 heterocycles. The fourth-order valence-corrected chi connectivity index (χ4v) is 0.809. The second-order valence-electron chi connectivity index (χ2n) is 2.19. The number of carbonyl (C=O) groups excluding carboxylic acids is 1. The van der Waals surface area contributed by atoms with Gasteiger partial charge in [0, 0.05) is 12.4 Å². The van der Waals surface area contributed by atoms with Gasteiger partial charge in [0.1, 0.15) is 5.82 Å². The summed E-state index contributed by atoms with van der Waals surface area (Å²) in [6.07, 6.45) is 5.85. The van der Waals surface area contributed by atoms with E-state index in [0.29, 0.717) is 12.2 Å². The molecule has 0 aliphatic carbocycles. The van der Waals surface area contributed by atoms with Gasteiger partial charge in [-0.05, 0) is 12.5 Å². The first-order chi connectivity index (χ1) is 5.38. The maximum absolute atomic E-state index is 10.3. The highest BCUT2D eigenvalue weighted by molar-refractivity contribution is 5.60. The second kappa shape index (κ2) is 3.81. The van der Waals surface area contributed by atoms with Crippen LogP contribution in [0.15, 0.2) is 18.5 Å². The van der Waals surface area contributed by atoms with Gasteiger partial charge in [0.2, 0.25) is 6.29 Å². The van der Waals surface area contributed by atoms with Gasteiger partial charge in [-0.2, -0.15) is 0 Å². The minimum absolute atomic E-state index is 0.267.